The van der Waals surface area contributed by atoms with Crippen LogP contribution in [0.2, 0.25) is 0 Å². The van der Waals surface area contributed by atoms with Crippen LogP contribution in [0.4, 0.5) is 16.3 Å². The summed E-state index contributed by atoms with van der Waals surface area (Å²) >= 11 is 0. The highest BCUT2D eigenvalue weighted by atomic mass is 19.1. The van der Waals surface area contributed by atoms with Crippen LogP contribution >= 0.6 is 0 Å². The molecule has 0 saturated carbocycles. The van der Waals surface area contributed by atoms with Crippen LogP contribution in [0.25, 0.3) is 11.0 Å². The standard InChI is InChI=1S/C37H49FN6O3/c1-35(2,3)24-36(4,5)37(6,7)32(45)47-25-46-31-17-20-39-33(41-31)42(8)28-18-21-43(22-19-28)34-40-29-11-9-10-12-30(29)44(34)23-26-13-15-27(38)16-14-26/h9-17,20,28H,18-19,21-25H2,1-8H3. The van der Waals surface area contributed by atoms with Crippen LogP contribution in [0.3, 0.4) is 0 Å². The summed E-state index contributed by atoms with van der Waals surface area (Å²) in [6, 6.07) is 16.7. The summed E-state index contributed by atoms with van der Waals surface area (Å²) in [6.07, 6.45) is 4.32. The predicted octanol–water partition coefficient (Wildman–Crippen LogP) is 7.49. The first kappa shape index (κ1) is 34.1. The lowest BCUT2D eigenvalue weighted by Crippen LogP contribution is -2.45. The van der Waals surface area contributed by atoms with Crippen LogP contribution in [0.5, 0.6) is 5.88 Å². The van der Waals surface area contributed by atoms with E-state index in [9.17, 15) is 9.18 Å². The van der Waals surface area contributed by atoms with Gasteiger partial charge in [0.2, 0.25) is 24.6 Å². The number of para-hydroxylation sites is 2. The van der Waals surface area contributed by atoms with Crippen molar-refractivity contribution in [2.75, 3.05) is 36.7 Å². The zero-order valence-corrected chi connectivity index (χ0v) is 29.1. The summed E-state index contributed by atoms with van der Waals surface area (Å²) < 4.78 is 27.2. The fourth-order valence-electron chi connectivity index (χ4n) is 6.58. The van der Waals surface area contributed by atoms with E-state index in [1.165, 1.54) is 12.1 Å². The molecule has 252 valence electrons. The fraction of sp³-hybridized carbons (Fsp3) is 0.514. The topological polar surface area (TPSA) is 85.6 Å². The maximum absolute atomic E-state index is 13.6. The summed E-state index contributed by atoms with van der Waals surface area (Å²) in [6.45, 7) is 16.7. The van der Waals surface area contributed by atoms with E-state index < -0.39 is 5.41 Å². The second-order valence-electron chi connectivity index (χ2n) is 15.1. The number of benzene rings is 2. The number of rotatable bonds is 11. The molecular weight excluding hydrogens is 595 g/mol. The molecule has 4 aromatic rings. The molecule has 0 radical (unpaired) electrons. The van der Waals surface area contributed by atoms with Crippen molar-refractivity contribution < 1.29 is 18.7 Å². The van der Waals surface area contributed by atoms with Crippen molar-refractivity contribution in [1.29, 1.82) is 0 Å². The number of nitrogens with zero attached hydrogens (tertiary/aromatic N) is 6. The SMILES string of the molecule is CN(c1nccc(OCOC(=O)C(C)(C)C(C)(C)CC(C)(C)C)n1)C1CCN(c2nc3ccccc3n2Cc2ccc(F)cc2)CC1. The molecule has 1 saturated heterocycles. The number of halogens is 1. The van der Waals surface area contributed by atoms with Gasteiger partial charge in [-0.25, -0.2) is 14.4 Å². The van der Waals surface area contributed by atoms with Gasteiger partial charge >= 0.3 is 5.97 Å². The summed E-state index contributed by atoms with van der Waals surface area (Å²) in [5, 5.41) is 0. The molecule has 0 atom stereocenters. The van der Waals surface area contributed by atoms with Gasteiger partial charge in [0.1, 0.15) is 5.82 Å². The quantitative estimate of drug-likeness (QED) is 0.123. The molecule has 10 heteroatoms. The summed E-state index contributed by atoms with van der Waals surface area (Å²) in [4.78, 5) is 31.7. The first-order chi connectivity index (χ1) is 22.1. The number of hydrogen-bond acceptors (Lipinski definition) is 8. The highest BCUT2D eigenvalue weighted by molar-refractivity contribution is 5.79. The van der Waals surface area contributed by atoms with Crippen molar-refractivity contribution >= 4 is 28.9 Å². The average molecular weight is 645 g/mol. The monoisotopic (exact) mass is 644 g/mol. The van der Waals surface area contributed by atoms with Gasteiger partial charge in [-0.3, -0.25) is 4.79 Å². The van der Waals surface area contributed by atoms with E-state index in [0.29, 0.717) is 18.4 Å². The van der Waals surface area contributed by atoms with Gasteiger partial charge in [0.05, 0.1) is 23.0 Å². The summed E-state index contributed by atoms with van der Waals surface area (Å²) in [5.41, 5.74) is 2.14. The third-order valence-corrected chi connectivity index (χ3v) is 9.69. The van der Waals surface area contributed by atoms with E-state index in [1.807, 2.05) is 51.2 Å². The lowest BCUT2D eigenvalue weighted by molar-refractivity contribution is -0.169. The molecule has 0 unspecified atom stereocenters. The van der Waals surface area contributed by atoms with Gasteiger partial charge in [0.25, 0.3) is 0 Å². The molecule has 0 N–H and O–H groups in total. The van der Waals surface area contributed by atoms with Crippen LogP contribution in [0, 0.1) is 22.1 Å². The van der Waals surface area contributed by atoms with Crippen LogP contribution < -0.4 is 14.5 Å². The highest BCUT2D eigenvalue weighted by Gasteiger charge is 2.46. The minimum Gasteiger partial charge on any atom is -0.440 e. The van der Waals surface area contributed by atoms with Gasteiger partial charge in [0, 0.05) is 38.4 Å². The number of anilines is 2. The Morgan fingerprint density at radius 1 is 0.957 bits per heavy atom. The Morgan fingerprint density at radius 3 is 2.32 bits per heavy atom. The van der Waals surface area contributed by atoms with Crippen molar-refractivity contribution in [2.24, 2.45) is 16.2 Å². The van der Waals surface area contributed by atoms with Gasteiger partial charge < -0.3 is 23.8 Å². The fourth-order valence-corrected chi connectivity index (χ4v) is 6.58. The highest BCUT2D eigenvalue weighted by Crippen LogP contribution is 2.47. The third-order valence-electron chi connectivity index (χ3n) is 9.69. The van der Waals surface area contributed by atoms with Gasteiger partial charge in [-0.15, -0.1) is 0 Å². The summed E-state index contributed by atoms with van der Waals surface area (Å²) in [7, 11) is 2.00. The molecule has 0 amide bonds. The van der Waals surface area contributed by atoms with E-state index in [1.54, 1.807) is 12.3 Å². The number of imidazole rings is 1. The number of aromatic nitrogens is 4. The average Bonchev–Trinajstić information content (AvgIpc) is 3.39. The van der Waals surface area contributed by atoms with Crippen LogP contribution in [-0.4, -0.2) is 58.5 Å². The zero-order chi connectivity index (χ0) is 34.0. The third kappa shape index (κ3) is 7.85. The Labute approximate surface area is 278 Å². The molecule has 1 aliphatic rings. The van der Waals surface area contributed by atoms with E-state index in [2.05, 4.69) is 65.0 Å². The molecule has 5 rings (SSSR count). The molecule has 2 aromatic carbocycles. The Kier molecular flexibility index (Phi) is 9.80. The van der Waals surface area contributed by atoms with E-state index >= 15 is 0 Å². The van der Waals surface area contributed by atoms with Crippen molar-refractivity contribution in [3.8, 4) is 5.88 Å². The van der Waals surface area contributed by atoms with Crippen LogP contribution in [0.1, 0.15) is 73.3 Å². The summed E-state index contributed by atoms with van der Waals surface area (Å²) in [5.74, 6) is 1.30. The molecule has 3 heterocycles. The first-order valence-electron chi connectivity index (χ1n) is 16.5. The molecular formula is C37H49FN6O3. The molecule has 47 heavy (non-hydrogen) atoms. The molecule has 1 aliphatic heterocycles. The van der Waals surface area contributed by atoms with Crippen molar-refractivity contribution in [1.82, 2.24) is 19.5 Å². The molecule has 0 aliphatic carbocycles. The van der Waals surface area contributed by atoms with Gasteiger partial charge in [-0.05, 0) is 73.8 Å². The Bertz CT molecular complexity index is 1670. The van der Waals surface area contributed by atoms with Crippen molar-refractivity contribution in [3.05, 3.63) is 72.2 Å². The smallest absolute Gasteiger partial charge is 0.314 e. The van der Waals surface area contributed by atoms with Crippen LogP contribution in [-0.2, 0) is 16.1 Å². The number of carbonyl (C=O) groups excluding carboxylic acids is 1. The first-order valence-corrected chi connectivity index (χ1v) is 16.5. The largest absolute Gasteiger partial charge is 0.440 e. The number of carbonyl (C=O) groups is 1. The number of esters is 1. The van der Waals surface area contributed by atoms with Crippen molar-refractivity contribution in [3.63, 3.8) is 0 Å². The van der Waals surface area contributed by atoms with E-state index in [4.69, 9.17) is 14.5 Å². The minimum absolute atomic E-state index is 0.0830. The number of hydrogen-bond donors (Lipinski definition) is 0. The lowest BCUT2D eigenvalue weighted by atomic mass is 9.61. The maximum atomic E-state index is 13.6. The number of ether oxygens (including phenoxy) is 2. The molecule has 1 fully saturated rings. The van der Waals surface area contributed by atoms with Crippen molar-refractivity contribution in [2.45, 2.75) is 80.3 Å². The second-order valence-corrected chi connectivity index (χ2v) is 15.1. The molecule has 0 spiro atoms. The maximum Gasteiger partial charge on any atom is 0.314 e. The lowest BCUT2D eigenvalue weighted by Gasteiger charge is -2.43. The van der Waals surface area contributed by atoms with E-state index in [0.717, 1.165) is 54.9 Å². The minimum atomic E-state index is -0.694. The predicted molar refractivity (Wildman–Crippen MR) is 184 cm³/mol. The second kappa shape index (κ2) is 13.5. The van der Waals surface area contributed by atoms with Gasteiger partial charge in [-0.2, -0.15) is 4.98 Å². The number of fused-ring (bicyclic) bond motifs is 1. The van der Waals surface area contributed by atoms with E-state index in [-0.39, 0.29) is 35.5 Å². The van der Waals surface area contributed by atoms with Gasteiger partial charge in [-0.1, -0.05) is 58.9 Å². The zero-order valence-electron chi connectivity index (χ0n) is 29.1. The molecule has 0 bridgehead atoms. The van der Waals surface area contributed by atoms with Crippen LogP contribution in [0.15, 0.2) is 60.8 Å². The molecule has 2 aromatic heterocycles. The Morgan fingerprint density at radius 2 is 1.64 bits per heavy atom. The Balaban J connectivity index is 1.19. The Hall–Kier alpha value is -4.21. The number of piperidine rings is 1. The molecule has 9 nitrogen and oxygen atoms in total. The van der Waals surface area contributed by atoms with Gasteiger partial charge in [0.15, 0.2) is 0 Å². The normalized spacial score (nSPS) is 14.8.